The molecule has 2 heterocycles. The van der Waals surface area contributed by atoms with Crippen LogP contribution in [0.1, 0.15) is 13.8 Å². The first-order valence-electron chi connectivity index (χ1n) is 8.58. The van der Waals surface area contributed by atoms with Crippen LogP contribution in [0.5, 0.6) is 0 Å². The molecule has 2 aromatic rings. The zero-order valence-electron chi connectivity index (χ0n) is 15.1. The van der Waals surface area contributed by atoms with Crippen molar-refractivity contribution >= 4 is 10.0 Å². The third kappa shape index (κ3) is 4.45. The summed E-state index contributed by atoms with van der Waals surface area (Å²) in [5.74, 6) is 0.500. The molecule has 140 valence electrons. The predicted molar refractivity (Wildman–Crippen MR) is 99.1 cm³/mol. The molecule has 1 aromatic carbocycles. The molecule has 1 aliphatic rings. The van der Waals surface area contributed by atoms with Crippen molar-refractivity contribution in [1.82, 2.24) is 19.6 Å². The summed E-state index contributed by atoms with van der Waals surface area (Å²) < 4.78 is 33.0. The third-order valence-electron chi connectivity index (χ3n) is 4.46. The van der Waals surface area contributed by atoms with Gasteiger partial charge in [0.05, 0.1) is 25.6 Å². The lowest BCUT2D eigenvalue weighted by molar-refractivity contribution is -0.0495. The van der Waals surface area contributed by atoms with Gasteiger partial charge in [0.25, 0.3) is 0 Å². The zero-order chi connectivity index (χ0) is 18.6. The van der Waals surface area contributed by atoms with E-state index in [1.165, 1.54) is 12.4 Å². The molecule has 7 nitrogen and oxygen atoms in total. The van der Waals surface area contributed by atoms with Gasteiger partial charge in [0, 0.05) is 30.7 Å². The van der Waals surface area contributed by atoms with Crippen LogP contribution >= 0.6 is 0 Å². The second-order valence-corrected chi connectivity index (χ2v) is 8.63. The molecule has 0 bridgehead atoms. The Labute approximate surface area is 154 Å². The van der Waals surface area contributed by atoms with E-state index in [9.17, 15) is 8.42 Å². The van der Waals surface area contributed by atoms with Crippen LogP contribution in [-0.4, -0.2) is 61.7 Å². The molecule has 1 saturated heterocycles. The number of nitrogens with zero attached hydrogens (tertiary/aromatic N) is 3. The molecule has 0 saturated carbocycles. The zero-order valence-corrected chi connectivity index (χ0v) is 15.9. The van der Waals surface area contributed by atoms with Crippen LogP contribution < -0.4 is 4.72 Å². The monoisotopic (exact) mass is 376 g/mol. The van der Waals surface area contributed by atoms with E-state index >= 15 is 0 Å². The van der Waals surface area contributed by atoms with Crippen LogP contribution in [0.3, 0.4) is 0 Å². The van der Waals surface area contributed by atoms with Gasteiger partial charge < -0.3 is 4.74 Å². The first-order valence-corrected chi connectivity index (χ1v) is 10.1. The van der Waals surface area contributed by atoms with E-state index in [4.69, 9.17) is 4.74 Å². The largest absolute Gasteiger partial charge is 0.378 e. The van der Waals surface area contributed by atoms with Crippen LogP contribution in [0.4, 0.5) is 0 Å². The number of aromatic nitrogens is 2. The van der Waals surface area contributed by atoms with E-state index in [-0.39, 0.29) is 10.4 Å². The van der Waals surface area contributed by atoms with Crippen molar-refractivity contribution in [2.24, 2.45) is 0 Å². The van der Waals surface area contributed by atoms with Gasteiger partial charge in [-0.05, 0) is 13.8 Å². The Bertz CT molecular complexity index is 823. The van der Waals surface area contributed by atoms with Crippen LogP contribution in [0.2, 0.25) is 0 Å². The highest BCUT2D eigenvalue weighted by molar-refractivity contribution is 7.89. The van der Waals surface area contributed by atoms with E-state index in [1.807, 2.05) is 30.3 Å². The summed E-state index contributed by atoms with van der Waals surface area (Å²) in [6.45, 7) is 7.25. The minimum atomic E-state index is -3.63. The van der Waals surface area contributed by atoms with Gasteiger partial charge in [0.1, 0.15) is 4.90 Å². The third-order valence-corrected chi connectivity index (χ3v) is 5.88. The molecule has 0 aliphatic carbocycles. The molecule has 1 fully saturated rings. The Morgan fingerprint density at radius 3 is 2.54 bits per heavy atom. The number of sulfonamides is 1. The molecule has 26 heavy (non-hydrogen) atoms. The number of hydrogen-bond donors (Lipinski definition) is 1. The molecule has 0 amide bonds. The summed E-state index contributed by atoms with van der Waals surface area (Å²) >= 11 is 0. The van der Waals surface area contributed by atoms with Gasteiger partial charge >= 0.3 is 0 Å². The summed E-state index contributed by atoms with van der Waals surface area (Å²) in [7, 11) is -3.63. The Morgan fingerprint density at radius 2 is 1.88 bits per heavy atom. The van der Waals surface area contributed by atoms with Gasteiger partial charge in [-0.1, -0.05) is 30.3 Å². The van der Waals surface area contributed by atoms with Crippen molar-refractivity contribution < 1.29 is 13.2 Å². The molecule has 0 atom stereocenters. The highest BCUT2D eigenvalue weighted by atomic mass is 32.2. The predicted octanol–water partition coefficient (Wildman–Crippen LogP) is 1.53. The van der Waals surface area contributed by atoms with Crippen molar-refractivity contribution in [3.63, 3.8) is 0 Å². The molecule has 3 rings (SSSR count). The van der Waals surface area contributed by atoms with Gasteiger partial charge in [0.2, 0.25) is 10.0 Å². The quantitative estimate of drug-likeness (QED) is 0.823. The second-order valence-electron chi connectivity index (χ2n) is 6.86. The molecular weight excluding hydrogens is 352 g/mol. The van der Waals surface area contributed by atoms with Crippen molar-refractivity contribution in [2.75, 3.05) is 32.8 Å². The van der Waals surface area contributed by atoms with Gasteiger partial charge in [0.15, 0.2) is 5.82 Å². The van der Waals surface area contributed by atoms with E-state index in [1.54, 1.807) is 0 Å². The molecule has 0 unspecified atom stereocenters. The molecule has 8 heteroatoms. The minimum Gasteiger partial charge on any atom is -0.378 e. The maximum Gasteiger partial charge on any atom is 0.243 e. The molecule has 1 aliphatic heterocycles. The SMILES string of the molecule is CC1(C)COCCN1CCNS(=O)(=O)c1cnc(-c2ccccc2)nc1. The fraction of sp³-hybridized carbons (Fsp3) is 0.444. The molecule has 0 radical (unpaired) electrons. The fourth-order valence-electron chi connectivity index (χ4n) is 2.89. The van der Waals surface area contributed by atoms with Crippen molar-refractivity contribution in [1.29, 1.82) is 0 Å². The number of ether oxygens (including phenoxy) is 1. The number of hydrogen-bond acceptors (Lipinski definition) is 6. The standard InChI is InChI=1S/C18H24N4O3S/c1-18(2)14-25-11-10-22(18)9-8-21-26(23,24)16-12-19-17(20-13-16)15-6-4-3-5-7-15/h3-7,12-13,21H,8-11,14H2,1-2H3. The summed E-state index contributed by atoms with van der Waals surface area (Å²) in [4.78, 5) is 10.7. The number of rotatable bonds is 6. The molecule has 0 spiro atoms. The van der Waals surface area contributed by atoms with Gasteiger partial charge in [-0.3, -0.25) is 4.90 Å². The van der Waals surface area contributed by atoms with Crippen molar-refractivity contribution in [3.05, 3.63) is 42.7 Å². The van der Waals surface area contributed by atoms with Gasteiger partial charge in [-0.2, -0.15) is 0 Å². The van der Waals surface area contributed by atoms with Gasteiger partial charge in [-0.25, -0.2) is 23.1 Å². The minimum absolute atomic E-state index is 0.0680. The normalized spacial score (nSPS) is 17.9. The first kappa shape index (κ1) is 18.9. The van der Waals surface area contributed by atoms with E-state index < -0.39 is 10.0 Å². The summed E-state index contributed by atoms with van der Waals surface area (Å²) in [5.41, 5.74) is 0.753. The summed E-state index contributed by atoms with van der Waals surface area (Å²) in [5, 5.41) is 0. The lowest BCUT2D eigenvalue weighted by Crippen LogP contribution is -2.54. The number of nitrogens with one attached hydrogen (secondary N) is 1. The molecule has 1 N–H and O–H groups in total. The lowest BCUT2D eigenvalue weighted by atomic mass is 10.0. The number of benzene rings is 1. The first-order chi connectivity index (χ1) is 12.4. The maximum atomic E-state index is 12.4. The molecular formula is C18H24N4O3S. The van der Waals surface area contributed by atoms with Crippen LogP contribution in [0, 0.1) is 0 Å². The van der Waals surface area contributed by atoms with Crippen LogP contribution in [0.15, 0.2) is 47.6 Å². The average molecular weight is 376 g/mol. The Hall–Kier alpha value is -1.87. The van der Waals surface area contributed by atoms with Crippen LogP contribution in [-0.2, 0) is 14.8 Å². The van der Waals surface area contributed by atoms with Crippen molar-refractivity contribution in [3.8, 4) is 11.4 Å². The topological polar surface area (TPSA) is 84.4 Å². The van der Waals surface area contributed by atoms with E-state index in [0.717, 1.165) is 12.1 Å². The van der Waals surface area contributed by atoms with E-state index in [0.29, 0.717) is 32.1 Å². The Kier molecular flexibility index (Phi) is 5.67. The average Bonchev–Trinajstić information content (AvgIpc) is 2.64. The fourth-order valence-corrected chi connectivity index (χ4v) is 3.80. The summed E-state index contributed by atoms with van der Waals surface area (Å²) in [6, 6.07) is 9.44. The van der Waals surface area contributed by atoms with Crippen LogP contribution in [0.25, 0.3) is 11.4 Å². The highest BCUT2D eigenvalue weighted by Crippen LogP contribution is 2.18. The smallest absolute Gasteiger partial charge is 0.243 e. The van der Waals surface area contributed by atoms with E-state index in [2.05, 4.69) is 33.4 Å². The Balaban J connectivity index is 1.61. The second kappa shape index (κ2) is 7.79. The number of morpholine rings is 1. The maximum absolute atomic E-state index is 12.4. The summed E-state index contributed by atoms with van der Waals surface area (Å²) in [6.07, 6.45) is 2.69. The Morgan fingerprint density at radius 1 is 1.19 bits per heavy atom. The van der Waals surface area contributed by atoms with Crippen molar-refractivity contribution in [2.45, 2.75) is 24.3 Å². The highest BCUT2D eigenvalue weighted by Gasteiger charge is 2.30. The molecule has 1 aromatic heterocycles. The van der Waals surface area contributed by atoms with Gasteiger partial charge in [-0.15, -0.1) is 0 Å². The lowest BCUT2D eigenvalue weighted by Gasteiger charge is -2.42.